The molecule has 0 bridgehead atoms. The second kappa shape index (κ2) is 5.47. The van der Waals surface area contributed by atoms with Crippen LogP contribution in [-0.2, 0) is 4.74 Å². The van der Waals surface area contributed by atoms with E-state index in [1.807, 2.05) is 6.07 Å². The Hall–Kier alpha value is -1.78. The van der Waals surface area contributed by atoms with Crippen LogP contribution in [-0.4, -0.2) is 31.7 Å². The van der Waals surface area contributed by atoms with Gasteiger partial charge in [0.1, 0.15) is 18.5 Å². The Bertz CT molecular complexity index is 467. The van der Waals surface area contributed by atoms with Crippen LogP contribution in [0.25, 0.3) is 0 Å². The second-order valence-electron chi connectivity index (χ2n) is 4.04. The van der Waals surface area contributed by atoms with E-state index in [0.717, 1.165) is 0 Å². The van der Waals surface area contributed by atoms with Gasteiger partial charge in [0, 0.05) is 6.54 Å². The molecule has 2 atom stereocenters. The number of benzene rings is 1. The Morgan fingerprint density at radius 1 is 1.37 bits per heavy atom. The maximum absolute atomic E-state index is 12.3. The summed E-state index contributed by atoms with van der Waals surface area (Å²) in [5.74, 6) is 0.484. The predicted octanol–water partition coefficient (Wildman–Crippen LogP) is 1.81. The largest absolute Gasteiger partial charge is 0.491 e. The standard InChI is InChI=1S/C12H11F3N2O2/c13-12(14,15)11-17-6-10(19-11)7-18-9-3-1-8(5-16)2-4-9/h1-4,10-11,17H,6-7H2. The molecule has 1 N–H and O–H groups in total. The molecule has 0 aliphatic carbocycles. The first kappa shape index (κ1) is 13.6. The SMILES string of the molecule is N#Cc1ccc(OCC2CNC(C(F)(F)F)O2)cc1. The number of nitrogens with zero attached hydrogens (tertiary/aromatic N) is 1. The minimum atomic E-state index is -4.41. The highest BCUT2D eigenvalue weighted by Gasteiger charge is 2.45. The van der Waals surface area contributed by atoms with Crippen molar-refractivity contribution in [3.05, 3.63) is 29.8 Å². The van der Waals surface area contributed by atoms with E-state index in [9.17, 15) is 13.2 Å². The van der Waals surface area contributed by atoms with Crippen LogP contribution < -0.4 is 10.1 Å². The maximum atomic E-state index is 12.3. The van der Waals surface area contributed by atoms with Crippen LogP contribution in [0, 0.1) is 11.3 Å². The number of nitrogens with one attached hydrogen (secondary N) is 1. The monoisotopic (exact) mass is 272 g/mol. The third kappa shape index (κ3) is 3.59. The Morgan fingerprint density at radius 2 is 2.05 bits per heavy atom. The molecule has 4 nitrogen and oxygen atoms in total. The second-order valence-corrected chi connectivity index (χ2v) is 4.04. The molecule has 102 valence electrons. The highest BCUT2D eigenvalue weighted by Crippen LogP contribution is 2.25. The summed E-state index contributed by atoms with van der Waals surface area (Å²) in [5, 5.41) is 10.8. The van der Waals surface area contributed by atoms with Gasteiger partial charge in [-0.3, -0.25) is 5.32 Å². The molecule has 0 radical (unpaired) electrons. The van der Waals surface area contributed by atoms with Crippen molar-refractivity contribution in [3.8, 4) is 11.8 Å². The number of hydrogen-bond acceptors (Lipinski definition) is 4. The third-order valence-electron chi connectivity index (χ3n) is 2.58. The molecule has 7 heteroatoms. The molecule has 0 amide bonds. The fourth-order valence-corrected chi connectivity index (χ4v) is 1.63. The van der Waals surface area contributed by atoms with Gasteiger partial charge in [-0.25, -0.2) is 0 Å². The summed E-state index contributed by atoms with van der Waals surface area (Å²) in [4.78, 5) is 0. The molecule has 0 saturated carbocycles. The first-order valence-electron chi connectivity index (χ1n) is 5.57. The quantitative estimate of drug-likeness (QED) is 0.911. The van der Waals surface area contributed by atoms with E-state index in [0.29, 0.717) is 11.3 Å². The van der Waals surface area contributed by atoms with Crippen LogP contribution in [0.5, 0.6) is 5.75 Å². The van der Waals surface area contributed by atoms with Crippen LogP contribution in [0.4, 0.5) is 13.2 Å². The summed E-state index contributed by atoms with van der Waals surface area (Å²) in [6.07, 6.45) is -6.99. The van der Waals surface area contributed by atoms with E-state index in [4.69, 9.17) is 14.7 Å². The van der Waals surface area contributed by atoms with Crippen LogP contribution in [0.3, 0.4) is 0 Å². The summed E-state index contributed by atoms with van der Waals surface area (Å²) in [6.45, 7) is 0.103. The summed E-state index contributed by atoms with van der Waals surface area (Å²) >= 11 is 0. The van der Waals surface area contributed by atoms with Crippen molar-refractivity contribution in [3.63, 3.8) is 0 Å². The van der Waals surface area contributed by atoms with Gasteiger partial charge in [0.25, 0.3) is 0 Å². The van der Waals surface area contributed by atoms with E-state index in [1.165, 1.54) is 0 Å². The van der Waals surface area contributed by atoms with Crippen LogP contribution in [0.2, 0.25) is 0 Å². The molecule has 0 spiro atoms. The molecule has 1 fully saturated rings. The van der Waals surface area contributed by atoms with Crippen molar-refractivity contribution in [2.75, 3.05) is 13.2 Å². The van der Waals surface area contributed by atoms with E-state index in [2.05, 4.69) is 5.32 Å². The van der Waals surface area contributed by atoms with Crippen molar-refractivity contribution in [1.29, 1.82) is 5.26 Å². The van der Waals surface area contributed by atoms with E-state index >= 15 is 0 Å². The zero-order chi connectivity index (χ0) is 13.9. The Labute approximate surface area is 107 Å². The van der Waals surface area contributed by atoms with Crippen molar-refractivity contribution in [1.82, 2.24) is 5.32 Å². The lowest BCUT2D eigenvalue weighted by molar-refractivity contribution is -0.221. The minimum Gasteiger partial charge on any atom is -0.491 e. The molecular weight excluding hydrogens is 261 g/mol. The van der Waals surface area contributed by atoms with Crippen LogP contribution >= 0.6 is 0 Å². The molecular formula is C12H11F3N2O2. The van der Waals surface area contributed by atoms with E-state index < -0.39 is 18.5 Å². The Kier molecular flexibility index (Phi) is 3.93. The maximum Gasteiger partial charge on any atom is 0.428 e. The van der Waals surface area contributed by atoms with E-state index in [1.54, 1.807) is 24.3 Å². The molecule has 19 heavy (non-hydrogen) atoms. The van der Waals surface area contributed by atoms with Crippen molar-refractivity contribution in [2.24, 2.45) is 0 Å². The Balaban J connectivity index is 1.82. The number of halogens is 3. The average Bonchev–Trinajstić information content (AvgIpc) is 2.86. The molecule has 1 aromatic carbocycles. The molecule has 2 rings (SSSR count). The topological polar surface area (TPSA) is 54.3 Å². The summed E-state index contributed by atoms with van der Waals surface area (Å²) in [7, 11) is 0. The molecule has 1 aliphatic heterocycles. The first-order chi connectivity index (χ1) is 8.99. The molecule has 1 saturated heterocycles. The molecule has 2 unspecified atom stereocenters. The van der Waals surface area contributed by atoms with Gasteiger partial charge in [-0.15, -0.1) is 0 Å². The zero-order valence-electron chi connectivity index (χ0n) is 9.78. The lowest BCUT2D eigenvalue weighted by atomic mass is 10.2. The number of hydrogen-bond donors (Lipinski definition) is 1. The van der Waals surface area contributed by atoms with Crippen molar-refractivity contribution in [2.45, 2.75) is 18.5 Å². The highest BCUT2D eigenvalue weighted by molar-refractivity contribution is 5.34. The Morgan fingerprint density at radius 3 is 2.58 bits per heavy atom. The lowest BCUT2D eigenvalue weighted by Crippen LogP contribution is -2.38. The highest BCUT2D eigenvalue weighted by atomic mass is 19.4. The first-order valence-corrected chi connectivity index (χ1v) is 5.57. The summed E-state index contributed by atoms with van der Waals surface area (Å²) in [6, 6.07) is 8.27. The molecule has 1 aliphatic rings. The van der Waals surface area contributed by atoms with Gasteiger partial charge in [0.15, 0.2) is 0 Å². The molecule has 1 aromatic rings. The van der Waals surface area contributed by atoms with Gasteiger partial charge in [0.05, 0.1) is 11.6 Å². The predicted molar refractivity (Wildman–Crippen MR) is 59.4 cm³/mol. The van der Waals surface area contributed by atoms with Crippen molar-refractivity contribution < 1.29 is 22.6 Å². The minimum absolute atomic E-state index is 0.0193. The van der Waals surface area contributed by atoms with Crippen LogP contribution in [0.1, 0.15) is 5.56 Å². The lowest BCUT2D eigenvalue weighted by Gasteiger charge is -2.15. The third-order valence-corrected chi connectivity index (χ3v) is 2.58. The summed E-state index contributed by atoms with van der Waals surface area (Å²) < 4.78 is 47.1. The van der Waals surface area contributed by atoms with Gasteiger partial charge >= 0.3 is 6.18 Å². The van der Waals surface area contributed by atoms with Crippen LogP contribution in [0.15, 0.2) is 24.3 Å². The fraction of sp³-hybridized carbons (Fsp3) is 0.417. The fourth-order valence-electron chi connectivity index (χ4n) is 1.63. The van der Waals surface area contributed by atoms with Gasteiger partial charge in [-0.2, -0.15) is 18.4 Å². The zero-order valence-corrected chi connectivity index (χ0v) is 9.78. The van der Waals surface area contributed by atoms with Gasteiger partial charge < -0.3 is 9.47 Å². The van der Waals surface area contributed by atoms with Crippen molar-refractivity contribution >= 4 is 0 Å². The number of nitriles is 1. The molecule has 0 aromatic heterocycles. The van der Waals surface area contributed by atoms with E-state index in [-0.39, 0.29) is 13.2 Å². The molecule has 1 heterocycles. The number of alkyl halides is 3. The number of ether oxygens (including phenoxy) is 2. The normalized spacial score (nSPS) is 23.1. The summed E-state index contributed by atoms with van der Waals surface area (Å²) in [5.41, 5.74) is 0.489. The van der Waals surface area contributed by atoms with Gasteiger partial charge in [-0.05, 0) is 24.3 Å². The van der Waals surface area contributed by atoms with Gasteiger partial charge in [0.2, 0.25) is 6.23 Å². The smallest absolute Gasteiger partial charge is 0.428 e. The number of rotatable bonds is 3. The average molecular weight is 272 g/mol. The van der Waals surface area contributed by atoms with Gasteiger partial charge in [-0.1, -0.05) is 0 Å².